The lowest BCUT2D eigenvalue weighted by molar-refractivity contribution is 0.413. The molecular weight excluding hydrogens is 431 g/mol. The highest BCUT2D eigenvalue weighted by atomic mass is 19.1. The van der Waals surface area contributed by atoms with Gasteiger partial charge in [-0.3, -0.25) is 0 Å². The van der Waals surface area contributed by atoms with Crippen LogP contribution in [0.25, 0.3) is 22.5 Å². The van der Waals surface area contributed by atoms with Gasteiger partial charge in [0.05, 0.1) is 24.8 Å². The van der Waals surface area contributed by atoms with Gasteiger partial charge in [-0.15, -0.1) is 5.10 Å². The summed E-state index contributed by atoms with van der Waals surface area (Å²) in [7, 11) is 1.64. The minimum Gasteiger partial charge on any atom is -0.494 e. The monoisotopic (exact) mass is 454 g/mol. The highest BCUT2D eigenvalue weighted by molar-refractivity contribution is 5.79. The van der Waals surface area contributed by atoms with E-state index < -0.39 is 0 Å². The Labute approximate surface area is 195 Å². The molecule has 5 aromatic rings. The number of pyridine rings is 1. The van der Waals surface area contributed by atoms with Crippen molar-refractivity contribution in [2.45, 2.75) is 25.7 Å². The molecule has 0 aliphatic heterocycles. The van der Waals surface area contributed by atoms with Crippen molar-refractivity contribution in [2.75, 3.05) is 12.4 Å². The number of imidazole rings is 1. The fourth-order valence-electron chi connectivity index (χ4n) is 4.19. The van der Waals surface area contributed by atoms with Crippen molar-refractivity contribution >= 4 is 17.3 Å². The first-order valence-corrected chi connectivity index (χ1v) is 11.2. The quantitative estimate of drug-likeness (QED) is 0.359. The number of fused-ring (bicyclic) bond motifs is 1. The molecule has 0 spiro atoms. The van der Waals surface area contributed by atoms with Crippen LogP contribution in [0.15, 0.2) is 67.3 Å². The molecule has 3 heterocycles. The molecule has 1 saturated carbocycles. The van der Waals surface area contributed by atoms with Crippen LogP contribution >= 0.6 is 0 Å². The molecule has 0 atom stereocenters. The molecule has 170 valence electrons. The molecule has 1 aliphatic carbocycles. The van der Waals surface area contributed by atoms with Crippen molar-refractivity contribution in [3.05, 3.63) is 84.3 Å². The summed E-state index contributed by atoms with van der Waals surface area (Å²) in [6, 6.07) is 14.5. The predicted molar refractivity (Wildman–Crippen MR) is 128 cm³/mol. The second-order valence-electron chi connectivity index (χ2n) is 8.61. The lowest BCUT2D eigenvalue weighted by Crippen LogP contribution is -1.98. The van der Waals surface area contributed by atoms with Gasteiger partial charge >= 0.3 is 0 Å². The number of aryl methyl sites for hydroxylation is 1. The number of rotatable bonds is 6. The summed E-state index contributed by atoms with van der Waals surface area (Å²) in [6.07, 6.45) is 8.11. The van der Waals surface area contributed by atoms with Gasteiger partial charge in [0.25, 0.3) is 0 Å². The summed E-state index contributed by atoms with van der Waals surface area (Å²) in [5, 5.41) is 7.98. The highest BCUT2D eigenvalue weighted by Gasteiger charge is 2.26. The van der Waals surface area contributed by atoms with E-state index >= 15 is 0 Å². The molecule has 3 aromatic heterocycles. The van der Waals surface area contributed by atoms with E-state index in [0.29, 0.717) is 17.6 Å². The predicted octanol–water partition coefficient (Wildman–Crippen LogP) is 5.66. The maximum Gasteiger partial charge on any atom is 0.247 e. The van der Waals surface area contributed by atoms with Crippen LogP contribution in [0.3, 0.4) is 0 Å². The summed E-state index contributed by atoms with van der Waals surface area (Å²) in [4.78, 5) is 9.05. The zero-order valence-corrected chi connectivity index (χ0v) is 18.9. The number of anilines is 2. The summed E-state index contributed by atoms with van der Waals surface area (Å²) in [5.74, 6) is 1.47. The molecule has 6 rings (SSSR count). The molecule has 1 aliphatic rings. The largest absolute Gasteiger partial charge is 0.494 e. The van der Waals surface area contributed by atoms with Gasteiger partial charge in [-0.05, 0) is 67.1 Å². The van der Waals surface area contributed by atoms with Gasteiger partial charge < -0.3 is 14.6 Å². The lowest BCUT2D eigenvalue weighted by Gasteiger charge is -2.11. The molecule has 34 heavy (non-hydrogen) atoms. The molecule has 1 fully saturated rings. The SMILES string of the molecule is COc1cc(Nc2nc3c(-c4ccc(F)cc4)cc(C4CC4)cn3n2)ccc1-n1cnc(C)c1. The molecule has 0 unspecified atom stereocenters. The Bertz CT molecular complexity index is 1500. The van der Waals surface area contributed by atoms with Crippen LogP contribution in [-0.4, -0.2) is 31.3 Å². The molecule has 0 radical (unpaired) electrons. The Morgan fingerprint density at radius 3 is 2.59 bits per heavy atom. The first-order chi connectivity index (χ1) is 16.6. The van der Waals surface area contributed by atoms with Gasteiger partial charge in [0.15, 0.2) is 5.65 Å². The van der Waals surface area contributed by atoms with Gasteiger partial charge in [0.2, 0.25) is 5.95 Å². The van der Waals surface area contributed by atoms with Crippen LogP contribution < -0.4 is 10.1 Å². The van der Waals surface area contributed by atoms with E-state index in [1.54, 1.807) is 25.6 Å². The normalized spacial score (nSPS) is 13.4. The highest BCUT2D eigenvalue weighted by Crippen LogP contribution is 2.42. The number of methoxy groups -OCH3 is 1. The van der Waals surface area contributed by atoms with E-state index in [4.69, 9.17) is 9.72 Å². The van der Waals surface area contributed by atoms with Crippen LogP contribution in [-0.2, 0) is 0 Å². The van der Waals surface area contributed by atoms with E-state index in [1.807, 2.05) is 46.6 Å². The van der Waals surface area contributed by atoms with Crippen LogP contribution in [0.2, 0.25) is 0 Å². The van der Waals surface area contributed by atoms with E-state index in [9.17, 15) is 4.39 Å². The number of nitrogens with one attached hydrogen (secondary N) is 1. The first-order valence-electron chi connectivity index (χ1n) is 11.2. The number of hydrogen-bond acceptors (Lipinski definition) is 5. The van der Waals surface area contributed by atoms with Gasteiger partial charge in [-0.2, -0.15) is 4.98 Å². The van der Waals surface area contributed by atoms with E-state index in [1.165, 1.54) is 30.5 Å². The van der Waals surface area contributed by atoms with Crippen molar-refractivity contribution in [3.8, 4) is 22.6 Å². The molecule has 0 saturated heterocycles. The van der Waals surface area contributed by atoms with Gasteiger partial charge in [0.1, 0.15) is 11.6 Å². The van der Waals surface area contributed by atoms with Crippen molar-refractivity contribution in [2.24, 2.45) is 0 Å². The fourth-order valence-corrected chi connectivity index (χ4v) is 4.19. The Kier molecular flexibility index (Phi) is 4.79. The number of benzene rings is 2. The first kappa shape index (κ1) is 20.4. The van der Waals surface area contributed by atoms with Crippen LogP contribution in [0.1, 0.15) is 30.0 Å². The van der Waals surface area contributed by atoms with E-state index in [2.05, 4.69) is 21.5 Å². The minimum atomic E-state index is -0.259. The standard InChI is InChI=1S/C26H23FN6O/c1-16-13-32(15-28-16)23-10-9-21(12-24(23)34-2)29-26-30-25-22(18-5-7-20(27)8-6-18)11-19(17-3-4-17)14-33(25)31-26/h5-15,17H,3-4H2,1-2H3,(H,29,31). The van der Waals surface area contributed by atoms with Crippen LogP contribution in [0, 0.1) is 12.7 Å². The zero-order valence-electron chi connectivity index (χ0n) is 18.9. The maximum atomic E-state index is 13.5. The zero-order chi connectivity index (χ0) is 23.2. The van der Waals surface area contributed by atoms with Gasteiger partial charge in [0, 0.05) is 29.7 Å². The minimum absolute atomic E-state index is 0.259. The molecule has 8 heteroatoms. The van der Waals surface area contributed by atoms with Gasteiger partial charge in [-0.25, -0.2) is 13.9 Å². The Hall–Kier alpha value is -4.20. The van der Waals surface area contributed by atoms with E-state index in [0.717, 1.165) is 33.8 Å². The molecule has 2 aromatic carbocycles. The van der Waals surface area contributed by atoms with Crippen molar-refractivity contribution < 1.29 is 9.13 Å². The van der Waals surface area contributed by atoms with Crippen molar-refractivity contribution in [1.29, 1.82) is 0 Å². The Balaban J connectivity index is 1.38. The van der Waals surface area contributed by atoms with Crippen molar-refractivity contribution in [1.82, 2.24) is 24.1 Å². The topological polar surface area (TPSA) is 69.3 Å². The number of halogens is 1. The number of aromatic nitrogens is 5. The second kappa shape index (κ2) is 7.98. The molecular formula is C26H23FN6O. The molecule has 0 amide bonds. The second-order valence-corrected chi connectivity index (χ2v) is 8.61. The smallest absolute Gasteiger partial charge is 0.247 e. The van der Waals surface area contributed by atoms with Crippen LogP contribution in [0.4, 0.5) is 16.0 Å². The molecule has 7 nitrogen and oxygen atoms in total. The molecule has 1 N–H and O–H groups in total. The summed E-state index contributed by atoms with van der Waals surface area (Å²) in [6.45, 7) is 1.95. The van der Waals surface area contributed by atoms with E-state index in [-0.39, 0.29) is 5.82 Å². The Morgan fingerprint density at radius 1 is 1.06 bits per heavy atom. The summed E-state index contributed by atoms with van der Waals surface area (Å²) >= 11 is 0. The third kappa shape index (κ3) is 3.77. The maximum absolute atomic E-state index is 13.5. The third-order valence-electron chi connectivity index (χ3n) is 6.08. The Morgan fingerprint density at radius 2 is 1.88 bits per heavy atom. The number of nitrogens with zero attached hydrogens (tertiary/aromatic N) is 5. The van der Waals surface area contributed by atoms with Crippen molar-refractivity contribution in [3.63, 3.8) is 0 Å². The lowest BCUT2D eigenvalue weighted by atomic mass is 10.0. The fraction of sp³-hybridized carbons (Fsp3) is 0.192. The van der Waals surface area contributed by atoms with Crippen LogP contribution in [0.5, 0.6) is 5.75 Å². The average molecular weight is 455 g/mol. The van der Waals surface area contributed by atoms with Gasteiger partial charge in [-0.1, -0.05) is 12.1 Å². The third-order valence-corrected chi connectivity index (χ3v) is 6.08. The average Bonchev–Trinajstić information content (AvgIpc) is 3.48. The summed E-state index contributed by atoms with van der Waals surface area (Å²) < 4.78 is 22.9. The number of ether oxygens (including phenoxy) is 1. The number of hydrogen-bond donors (Lipinski definition) is 1. The summed E-state index contributed by atoms with van der Waals surface area (Å²) in [5.41, 5.74) is 6.42. The molecule has 0 bridgehead atoms.